The summed E-state index contributed by atoms with van der Waals surface area (Å²) in [5.74, 6) is 0.744. The quantitative estimate of drug-likeness (QED) is 0.666. The van der Waals surface area contributed by atoms with Gasteiger partial charge in [0.15, 0.2) is 0 Å². The van der Waals surface area contributed by atoms with Gasteiger partial charge in [0.2, 0.25) is 5.82 Å². The third-order valence-corrected chi connectivity index (χ3v) is 3.63. The molecule has 1 saturated carbocycles. The van der Waals surface area contributed by atoms with Crippen LogP contribution in [0.3, 0.4) is 0 Å². The van der Waals surface area contributed by atoms with Gasteiger partial charge in [-0.15, -0.1) is 0 Å². The van der Waals surface area contributed by atoms with Gasteiger partial charge in [0, 0.05) is 18.3 Å². The normalized spacial score (nSPS) is 22.5. The van der Waals surface area contributed by atoms with Crippen molar-refractivity contribution in [2.75, 3.05) is 5.32 Å². The predicted molar refractivity (Wildman–Crippen MR) is 70.6 cm³/mol. The Morgan fingerprint density at radius 3 is 2.89 bits per heavy atom. The summed E-state index contributed by atoms with van der Waals surface area (Å²) >= 11 is 0. The van der Waals surface area contributed by atoms with Gasteiger partial charge in [-0.1, -0.05) is 19.8 Å². The van der Waals surface area contributed by atoms with Gasteiger partial charge in [-0.25, -0.2) is 4.98 Å². The number of pyridine rings is 1. The van der Waals surface area contributed by atoms with Crippen LogP contribution in [0.15, 0.2) is 12.3 Å². The molecule has 0 saturated heterocycles. The second kappa shape index (κ2) is 5.65. The molecule has 1 heterocycles. The predicted octanol–water partition coefficient (Wildman–Crippen LogP) is 2.85. The van der Waals surface area contributed by atoms with E-state index in [1.54, 1.807) is 0 Å². The summed E-state index contributed by atoms with van der Waals surface area (Å²) in [4.78, 5) is 14.6. The number of rotatable bonds is 3. The molecule has 2 rings (SSSR count). The molecule has 0 radical (unpaired) electrons. The van der Waals surface area contributed by atoms with Crippen LogP contribution in [0.25, 0.3) is 0 Å². The highest BCUT2D eigenvalue weighted by Gasteiger charge is 2.25. The fourth-order valence-electron chi connectivity index (χ4n) is 2.47. The third kappa shape index (κ3) is 2.99. The van der Waals surface area contributed by atoms with Gasteiger partial charge in [0.05, 0.1) is 10.5 Å². The summed E-state index contributed by atoms with van der Waals surface area (Å²) in [5.41, 5.74) is 0.0748. The molecule has 1 aromatic rings. The molecule has 0 bridgehead atoms. The van der Waals surface area contributed by atoms with Crippen molar-refractivity contribution in [3.63, 3.8) is 0 Å². The summed E-state index contributed by atoms with van der Waals surface area (Å²) in [6.45, 7) is 2.15. The Bertz CT molecular complexity index is 524. The Kier molecular flexibility index (Phi) is 3.95. The van der Waals surface area contributed by atoms with Crippen molar-refractivity contribution in [2.24, 2.45) is 5.92 Å². The average molecular weight is 260 g/mol. The van der Waals surface area contributed by atoms with Crippen LogP contribution in [0, 0.1) is 27.4 Å². The van der Waals surface area contributed by atoms with Crippen LogP contribution in [0.4, 0.5) is 11.5 Å². The maximum absolute atomic E-state index is 11.0. The van der Waals surface area contributed by atoms with E-state index in [1.807, 2.05) is 6.07 Å². The van der Waals surface area contributed by atoms with Gasteiger partial charge in [-0.2, -0.15) is 5.26 Å². The number of hydrogen-bond acceptors (Lipinski definition) is 5. The molecule has 1 aliphatic rings. The van der Waals surface area contributed by atoms with E-state index in [-0.39, 0.29) is 23.1 Å². The minimum absolute atomic E-state index is 0.128. The topological polar surface area (TPSA) is 91.8 Å². The van der Waals surface area contributed by atoms with E-state index in [2.05, 4.69) is 17.2 Å². The molecule has 2 unspecified atom stereocenters. The van der Waals surface area contributed by atoms with Crippen molar-refractivity contribution in [3.8, 4) is 6.07 Å². The Morgan fingerprint density at radius 2 is 2.26 bits per heavy atom. The molecule has 0 spiro atoms. The Labute approximate surface area is 111 Å². The highest BCUT2D eigenvalue weighted by atomic mass is 16.6. The first-order valence-electron chi connectivity index (χ1n) is 6.43. The zero-order valence-electron chi connectivity index (χ0n) is 10.8. The standard InChI is InChI=1S/C13H16N4O2/c1-9-4-2-3-5-11(9)16-13-12(17(18)19)6-10(7-14)8-15-13/h6,8-9,11H,2-5H2,1H3,(H,15,16). The minimum Gasteiger partial charge on any atom is -0.361 e. The number of nitrogens with zero attached hydrogens (tertiary/aromatic N) is 3. The lowest BCUT2D eigenvalue weighted by Gasteiger charge is -2.29. The van der Waals surface area contributed by atoms with Gasteiger partial charge >= 0.3 is 5.69 Å². The zero-order chi connectivity index (χ0) is 13.8. The van der Waals surface area contributed by atoms with Crippen molar-refractivity contribution >= 4 is 11.5 Å². The van der Waals surface area contributed by atoms with E-state index in [9.17, 15) is 10.1 Å². The van der Waals surface area contributed by atoms with Crippen molar-refractivity contribution in [1.29, 1.82) is 5.26 Å². The highest BCUT2D eigenvalue weighted by molar-refractivity contribution is 5.58. The molecule has 0 amide bonds. The molecule has 2 atom stereocenters. The molecule has 6 nitrogen and oxygen atoms in total. The fraction of sp³-hybridized carbons (Fsp3) is 0.538. The largest absolute Gasteiger partial charge is 0.361 e. The van der Waals surface area contributed by atoms with Crippen molar-refractivity contribution in [2.45, 2.75) is 38.6 Å². The van der Waals surface area contributed by atoms with Crippen molar-refractivity contribution in [3.05, 3.63) is 27.9 Å². The smallest absolute Gasteiger partial charge is 0.312 e. The van der Waals surface area contributed by atoms with Crippen LogP contribution in [0.2, 0.25) is 0 Å². The molecule has 1 aliphatic carbocycles. The first-order chi connectivity index (χ1) is 9.11. The van der Waals surface area contributed by atoms with Crippen LogP contribution in [-0.4, -0.2) is 15.9 Å². The Balaban J connectivity index is 2.24. The van der Waals surface area contributed by atoms with Gasteiger partial charge in [-0.05, 0) is 18.8 Å². The van der Waals surface area contributed by atoms with E-state index in [0.717, 1.165) is 19.3 Å². The molecule has 1 aromatic heterocycles. The first-order valence-corrected chi connectivity index (χ1v) is 6.43. The number of hydrogen-bond donors (Lipinski definition) is 1. The number of nitriles is 1. The molecular weight excluding hydrogens is 244 g/mol. The van der Waals surface area contributed by atoms with E-state index >= 15 is 0 Å². The van der Waals surface area contributed by atoms with E-state index in [1.165, 1.54) is 18.7 Å². The van der Waals surface area contributed by atoms with Crippen LogP contribution in [-0.2, 0) is 0 Å². The van der Waals surface area contributed by atoms with E-state index < -0.39 is 4.92 Å². The van der Waals surface area contributed by atoms with Crippen molar-refractivity contribution < 1.29 is 4.92 Å². The van der Waals surface area contributed by atoms with Gasteiger partial charge < -0.3 is 5.32 Å². The summed E-state index contributed by atoms with van der Waals surface area (Å²) in [7, 11) is 0. The summed E-state index contributed by atoms with van der Waals surface area (Å²) in [6.07, 6.45) is 5.83. The maximum Gasteiger partial charge on any atom is 0.312 e. The number of anilines is 1. The van der Waals surface area contributed by atoms with E-state index in [0.29, 0.717) is 5.92 Å². The van der Waals surface area contributed by atoms with Crippen LogP contribution >= 0.6 is 0 Å². The van der Waals surface area contributed by atoms with Gasteiger partial charge in [0.1, 0.15) is 6.07 Å². The Hall–Kier alpha value is -2.16. The minimum atomic E-state index is -0.496. The molecule has 6 heteroatoms. The lowest BCUT2D eigenvalue weighted by atomic mass is 9.86. The van der Waals surface area contributed by atoms with Crippen LogP contribution in [0.1, 0.15) is 38.2 Å². The lowest BCUT2D eigenvalue weighted by molar-refractivity contribution is -0.384. The molecule has 0 aliphatic heterocycles. The average Bonchev–Trinajstić information content (AvgIpc) is 2.41. The second-order valence-corrected chi connectivity index (χ2v) is 4.97. The molecular formula is C13H16N4O2. The lowest BCUT2D eigenvalue weighted by Crippen LogP contribution is -2.31. The van der Waals surface area contributed by atoms with Gasteiger partial charge in [0.25, 0.3) is 0 Å². The number of nitrogens with one attached hydrogen (secondary N) is 1. The zero-order valence-corrected chi connectivity index (χ0v) is 10.8. The van der Waals surface area contributed by atoms with Crippen LogP contribution < -0.4 is 5.32 Å². The molecule has 0 aromatic carbocycles. The summed E-state index contributed by atoms with van der Waals surface area (Å²) < 4.78 is 0. The van der Waals surface area contributed by atoms with Gasteiger partial charge in [-0.3, -0.25) is 10.1 Å². The van der Waals surface area contributed by atoms with Crippen molar-refractivity contribution in [1.82, 2.24) is 4.98 Å². The Morgan fingerprint density at radius 1 is 1.53 bits per heavy atom. The summed E-state index contributed by atoms with van der Waals surface area (Å²) in [6, 6.07) is 3.35. The molecule has 19 heavy (non-hydrogen) atoms. The summed E-state index contributed by atoms with van der Waals surface area (Å²) in [5, 5.41) is 23.0. The van der Waals surface area contributed by atoms with E-state index in [4.69, 9.17) is 5.26 Å². The SMILES string of the molecule is CC1CCCCC1Nc1ncc(C#N)cc1[N+](=O)[O-]. The number of aromatic nitrogens is 1. The fourth-order valence-corrected chi connectivity index (χ4v) is 2.47. The second-order valence-electron chi connectivity index (χ2n) is 4.97. The number of nitro groups is 1. The molecule has 100 valence electrons. The van der Waals surface area contributed by atoms with Crippen LogP contribution in [0.5, 0.6) is 0 Å². The highest BCUT2D eigenvalue weighted by Crippen LogP contribution is 2.29. The molecule has 1 fully saturated rings. The third-order valence-electron chi connectivity index (χ3n) is 3.63. The molecule has 1 N–H and O–H groups in total. The monoisotopic (exact) mass is 260 g/mol. The maximum atomic E-state index is 11.0. The first kappa shape index (κ1) is 13.3.